The van der Waals surface area contributed by atoms with Crippen molar-refractivity contribution in [3.05, 3.63) is 71.4 Å². The summed E-state index contributed by atoms with van der Waals surface area (Å²) in [5.74, 6) is 5.86. The van der Waals surface area contributed by atoms with Gasteiger partial charge in [-0.3, -0.25) is 5.84 Å². The van der Waals surface area contributed by atoms with Crippen molar-refractivity contribution >= 4 is 26.9 Å². The molecule has 0 spiro atoms. The van der Waals surface area contributed by atoms with Crippen LogP contribution in [0.3, 0.4) is 0 Å². The van der Waals surface area contributed by atoms with Crippen molar-refractivity contribution in [1.82, 2.24) is 15.0 Å². The minimum Gasteiger partial charge on any atom is -0.271 e. The van der Waals surface area contributed by atoms with Crippen LogP contribution in [0.4, 0.5) is 0 Å². The molecule has 0 saturated carbocycles. The zero-order valence-corrected chi connectivity index (χ0v) is 12.0. The molecule has 0 amide bonds. The number of pyridine rings is 1. The van der Waals surface area contributed by atoms with Crippen LogP contribution in [0.1, 0.15) is 17.2 Å². The second-order valence-electron chi connectivity index (χ2n) is 4.92. The molecule has 0 bridgehead atoms. The third-order valence-electron chi connectivity index (χ3n) is 3.75. The van der Waals surface area contributed by atoms with E-state index in [1.807, 2.05) is 29.0 Å². The van der Waals surface area contributed by atoms with Crippen LogP contribution >= 0.6 is 11.3 Å². The van der Waals surface area contributed by atoms with Gasteiger partial charge in [0.25, 0.3) is 0 Å². The van der Waals surface area contributed by atoms with Crippen molar-refractivity contribution in [3.63, 3.8) is 0 Å². The van der Waals surface area contributed by atoms with Gasteiger partial charge in [0.15, 0.2) is 0 Å². The summed E-state index contributed by atoms with van der Waals surface area (Å²) in [6.45, 7) is 0. The predicted molar refractivity (Wildman–Crippen MR) is 86.2 cm³/mol. The number of hydrogen-bond acceptors (Lipinski definition) is 4. The number of aromatic nitrogens is 2. The maximum absolute atomic E-state index is 5.86. The van der Waals surface area contributed by atoms with E-state index in [-0.39, 0.29) is 6.04 Å². The molecule has 4 nitrogen and oxygen atoms in total. The molecule has 104 valence electrons. The van der Waals surface area contributed by atoms with Crippen LogP contribution in [0.5, 0.6) is 0 Å². The van der Waals surface area contributed by atoms with Crippen LogP contribution < -0.4 is 11.3 Å². The minimum atomic E-state index is -0.0766. The van der Waals surface area contributed by atoms with E-state index >= 15 is 0 Å². The van der Waals surface area contributed by atoms with E-state index in [1.54, 1.807) is 11.3 Å². The lowest BCUT2D eigenvalue weighted by molar-refractivity contribution is 0.645. The van der Waals surface area contributed by atoms with Gasteiger partial charge in [-0.05, 0) is 34.5 Å². The standard InChI is InChI=1S/C16H14N4S/c17-19-15(12-5-3-4-11-7-9-21-16(11)12)13-10-18-20-8-2-1-6-14(13)20/h1-10,15,19H,17H2. The largest absolute Gasteiger partial charge is 0.271 e. The highest BCUT2D eigenvalue weighted by atomic mass is 32.1. The number of thiophene rings is 1. The van der Waals surface area contributed by atoms with Gasteiger partial charge >= 0.3 is 0 Å². The first kappa shape index (κ1) is 12.5. The molecular formula is C16H14N4S. The van der Waals surface area contributed by atoms with Crippen molar-refractivity contribution < 1.29 is 0 Å². The van der Waals surface area contributed by atoms with Gasteiger partial charge in [-0.1, -0.05) is 24.3 Å². The minimum absolute atomic E-state index is 0.0766. The first-order valence-corrected chi connectivity index (χ1v) is 7.61. The Bertz CT molecular complexity index is 909. The molecule has 0 aliphatic rings. The molecule has 21 heavy (non-hydrogen) atoms. The third kappa shape index (κ3) is 1.94. The first-order valence-electron chi connectivity index (χ1n) is 6.73. The quantitative estimate of drug-likeness (QED) is 0.451. The molecule has 4 aromatic rings. The fourth-order valence-electron chi connectivity index (χ4n) is 2.77. The molecule has 0 radical (unpaired) electrons. The Morgan fingerprint density at radius 2 is 2.05 bits per heavy atom. The lowest BCUT2D eigenvalue weighted by Crippen LogP contribution is -2.28. The lowest BCUT2D eigenvalue weighted by atomic mass is 9.99. The molecule has 3 heterocycles. The van der Waals surface area contributed by atoms with Crippen molar-refractivity contribution in [2.75, 3.05) is 0 Å². The van der Waals surface area contributed by atoms with E-state index in [0.717, 1.165) is 11.1 Å². The number of benzene rings is 1. The summed E-state index contributed by atoms with van der Waals surface area (Å²) in [6.07, 6.45) is 3.82. The van der Waals surface area contributed by atoms with Crippen LogP contribution in [0.2, 0.25) is 0 Å². The maximum Gasteiger partial charge on any atom is 0.0760 e. The summed E-state index contributed by atoms with van der Waals surface area (Å²) < 4.78 is 3.13. The Morgan fingerprint density at radius 1 is 1.10 bits per heavy atom. The second-order valence-corrected chi connectivity index (χ2v) is 5.83. The van der Waals surface area contributed by atoms with Crippen molar-refractivity contribution in [2.24, 2.45) is 5.84 Å². The summed E-state index contributed by atoms with van der Waals surface area (Å²) in [4.78, 5) is 0. The second kappa shape index (κ2) is 4.96. The molecule has 0 aliphatic heterocycles. The first-order chi connectivity index (χ1) is 10.4. The Hall–Kier alpha value is -2.21. The molecule has 3 N–H and O–H groups in total. The molecule has 1 atom stereocenters. The number of nitrogens with one attached hydrogen (secondary N) is 1. The van der Waals surface area contributed by atoms with E-state index in [0.29, 0.717) is 0 Å². The molecule has 5 heteroatoms. The number of hydrogen-bond donors (Lipinski definition) is 2. The van der Waals surface area contributed by atoms with Gasteiger partial charge in [0.05, 0.1) is 17.8 Å². The van der Waals surface area contributed by atoms with Crippen molar-refractivity contribution in [1.29, 1.82) is 0 Å². The van der Waals surface area contributed by atoms with Gasteiger partial charge in [0.2, 0.25) is 0 Å². The topological polar surface area (TPSA) is 55.3 Å². The Morgan fingerprint density at radius 3 is 2.95 bits per heavy atom. The third-order valence-corrected chi connectivity index (χ3v) is 4.73. The van der Waals surface area contributed by atoms with E-state index < -0.39 is 0 Å². The average Bonchev–Trinajstić information content (AvgIpc) is 3.15. The fraction of sp³-hybridized carbons (Fsp3) is 0.0625. The van der Waals surface area contributed by atoms with Gasteiger partial charge in [0, 0.05) is 16.5 Å². The lowest BCUT2D eigenvalue weighted by Gasteiger charge is -2.16. The Balaban J connectivity index is 1.94. The Kier molecular flexibility index (Phi) is 2.96. The van der Waals surface area contributed by atoms with Gasteiger partial charge in [-0.25, -0.2) is 9.94 Å². The highest BCUT2D eigenvalue weighted by molar-refractivity contribution is 7.17. The summed E-state index contributed by atoms with van der Waals surface area (Å²) in [5.41, 5.74) is 6.28. The summed E-state index contributed by atoms with van der Waals surface area (Å²) in [6, 6.07) is 14.4. The summed E-state index contributed by atoms with van der Waals surface area (Å²) in [5, 5.41) is 7.76. The van der Waals surface area contributed by atoms with Crippen LogP contribution in [0, 0.1) is 0 Å². The normalized spacial score (nSPS) is 13.0. The SMILES string of the molecule is NNC(c1cccc2ccsc12)c1cnn2ccccc12. The number of nitrogens with zero attached hydrogens (tertiary/aromatic N) is 2. The monoisotopic (exact) mass is 294 g/mol. The molecular weight excluding hydrogens is 280 g/mol. The fourth-order valence-corrected chi connectivity index (χ4v) is 3.71. The Labute approximate surface area is 125 Å². The smallest absolute Gasteiger partial charge is 0.0760 e. The van der Waals surface area contributed by atoms with E-state index in [9.17, 15) is 0 Å². The van der Waals surface area contributed by atoms with Crippen molar-refractivity contribution in [2.45, 2.75) is 6.04 Å². The highest BCUT2D eigenvalue weighted by Crippen LogP contribution is 2.33. The van der Waals surface area contributed by atoms with Gasteiger partial charge in [-0.2, -0.15) is 5.10 Å². The molecule has 4 rings (SSSR count). The molecule has 1 aromatic carbocycles. The van der Waals surface area contributed by atoms with Gasteiger partial charge in [-0.15, -0.1) is 11.3 Å². The molecule has 1 unspecified atom stereocenters. The molecule has 0 fully saturated rings. The van der Waals surface area contributed by atoms with Gasteiger partial charge < -0.3 is 0 Å². The van der Waals surface area contributed by atoms with Crippen LogP contribution in [-0.2, 0) is 0 Å². The molecule has 0 aliphatic carbocycles. The zero-order chi connectivity index (χ0) is 14.2. The number of nitrogens with two attached hydrogens (primary N) is 1. The van der Waals surface area contributed by atoms with E-state index in [4.69, 9.17) is 5.84 Å². The van der Waals surface area contributed by atoms with Crippen LogP contribution in [0.25, 0.3) is 15.6 Å². The zero-order valence-electron chi connectivity index (χ0n) is 11.2. The highest BCUT2D eigenvalue weighted by Gasteiger charge is 2.19. The van der Waals surface area contributed by atoms with Crippen molar-refractivity contribution in [3.8, 4) is 0 Å². The van der Waals surface area contributed by atoms with E-state index in [2.05, 4.69) is 46.2 Å². The number of hydrazine groups is 1. The number of fused-ring (bicyclic) bond motifs is 2. The predicted octanol–water partition coefficient (Wildman–Crippen LogP) is 3.10. The average molecular weight is 294 g/mol. The number of rotatable bonds is 3. The van der Waals surface area contributed by atoms with E-state index in [1.165, 1.54) is 15.6 Å². The van der Waals surface area contributed by atoms with Crippen LogP contribution in [0.15, 0.2) is 60.2 Å². The molecule has 3 aromatic heterocycles. The summed E-state index contributed by atoms with van der Waals surface area (Å²) >= 11 is 1.74. The molecule has 0 saturated heterocycles. The van der Waals surface area contributed by atoms with Crippen LogP contribution in [-0.4, -0.2) is 9.61 Å². The maximum atomic E-state index is 5.86. The van der Waals surface area contributed by atoms with Gasteiger partial charge in [0.1, 0.15) is 0 Å². The summed E-state index contributed by atoms with van der Waals surface area (Å²) in [7, 11) is 0.